The Labute approximate surface area is 121 Å². The number of benzene rings is 1. The summed E-state index contributed by atoms with van der Waals surface area (Å²) in [6, 6.07) is 6.88. The van der Waals surface area contributed by atoms with Gasteiger partial charge in [0.1, 0.15) is 5.78 Å². The van der Waals surface area contributed by atoms with E-state index in [9.17, 15) is 14.4 Å². The van der Waals surface area contributed by atoms with E-state index in [0.29, 0.717) is 10.6 Å². The van der Waals surface area contributed by atoms with Crippen LogP contribution in [-0.4, -0.2) is 30.9 Å². The lowest BCUT2D eigenvalue weighted by Gasteiger charge is -2.14. The van der Waals surface area contributed by atoms with E-state index in [2.05, 4.69) is 4.74 Å². The highest BCUT2D eigenvalue weighted by molar-refractivity contribution is 6.31. The maximum atomic E-state index is 11.7. The molecule has 0 bridgehead atoms. The highest BCUT2D eigenvalue weighted by Gasteiger charge is 2.23. The standard InChI is InChI=1S/C14H14ClO5/c1-10(17)6-7-19-14(18)13(20-9-16)8-11-4-2-3-5-12(11)15/h2-5,13H,6-8H2,1H3. The van der Waals surface area contributed by atoms with Gasteiger partial charge in [0, 0.05) is 17.9 Å². The minimum Gasteiger partial charge on any atom is -0.462 e. The minimum atomic E-state index is -1.13. The van der Waals surface area contributed by atoms with Gasteiger partial charge in [-0.2, -0.15) is 0 Å². The van der Waals surface area contributed by atoms with E-state index >= 15 is 0 Å². The van der Waals surface area contributed by atoms with Crippen LogP contribution in [0.25, 0.3) is 0 Å². The first-order valence-corrected chi connectivity index (χ1v) is 6.34. The molecule has 0 saturated heterocycles. The summed E-state index contributed by atoms with van der Waals surface area (Å²) in [6.45, 7) is 2.57. The zero-order chi connectivity index (χ0) is 15.0. The second-order valence-corrected chi connectivity index (χ2v) is 4.51. The lowest BCUT2D eigenvalue weighted by atomic mass is 10.1. The van der Waals surface area contributed by atoms with E-state index in [1.54, 1.807) is 24.3 Å². The van der Waals surface area contributed by atoms with Gasteiger partial charge in [0.2, 0.25) is 6.10 Å². The Morgan fingerprint density at radius 3 is 2.65 bits per heavy atom. The number of hydrogen-bond donors (Lipinski definition) is 0. The largest absolute Gasteiger partial charge is 0.462 e. The molecule has 0 aliphatic heterocycles. The normalized spacial score (nSPS) is 11.5. The van der Waals surface area contributed by atoms with Crippen molar-refractivity contribution in [2.45, 2.75) is 25.9 Å². The van der Waals surface area contributed by atoms with Crippen LogP contribution in [0.3, 0.4) is 0 Å². The third-order valence-electron chi connectivity index (χ3n) is 2.51. The fourth-order valence-corrected chi connectivity index (χ4v) is 1.70. The molecule has 0 N–H and O–H groups in total. The number of rotatable bonds is 8. The second-order valence-electron chi connectivity index (χ2n) is 4.10. The number of esters is 1. The first-order chi connectivity index (χ1) is 9.54. The van der Waals surface area contributed by atoms with E-state index < -0.39 is 12.1 Å². The van der Waals surface area contributed by atoms with Crippen molar-refractivity contribution in [3.05, 3.63) is 34.9 Å². The van der Waals surface area contributed by atoms with Crippen molar-refractivity contribution in [1.29, 1.82) is 0 Å². The molecule has 20 heavy (non-hydrogen) atoms. The summed E-state index contributed by atoms with van der Waals surface area (Å²) >= 11 is 5.97. The number of Topliss-reactive ketones (excluding diaryl/α,β-unsaturated/α-hetero) is 1. The number of carbonyl (C=O) groups excluding carboxylic acids is 3. The maximum Gasteiger partial charge on any atom is 0.418 e. The van der Waals surface area contributed by atoms with Crippen LogP contribution in [0.1, 0.15) is 18.9 Å². The van der Waals surface area contributed by atoms with E-state index in [1.807, 2.05) is 0 Å². The molecule has 1 atom stereocenters. The average molecular weight is 298 g/mol. The fraction of sp³-hybridized carbons (Fsp3) is 0.357. The second kappa shape index (κ2) is 8.32. The SMILES string of the molecule is CC(=O)CCOC(=O)C(Cc1ccccc1Cl)O[C]=O. The third-order valence-corrected chi connectivity index (χ3v) is 2.88. The third kappa shape index (κ3) is 5.40. The topological polar surface area (TPSA) is 69.7 Å². The van der Waals surface area contributed by atoms with Crippen LogP contribution in [-0.2, 0) is 30.3 Å². The number of hydrogen-bond acceptors (Lipinski definition) is 5. The molecule has 0 aromatic heterocycles. The monoisotopic (exact) mass is 297 g/mol. The molecule has 1 unspecified atom stereocenters. The van der Waals surface area contributed by atoms with E-state index in [-0.39, 0.29) is 25.2 Å². The Balaban J connectivity index is 2.64. The molecule has 5 nitrogen and oxygen atoms in total. The molecular formula is C14H14ClO5. The molecule has 0 aliphatic rings. The van der Waals surface area contributed by atoms with Crippen LogP contribution in [0.15, 0.2) is 24.3 Å². The molecule has 1 radical (unpaired) electrons. The molecule has 0 fully saturated rings. The van der Waals surface area contributed by atoms with Gasteiger partial charge in [-0.05, 0) is 18.6 Å². The molecule has 0 aliphatic carbocycles. The summed E-state index contributed by atoms with van der Waals surface area (Å²) in [5.74, 6) is -0.821. The van der Waals surface area contributed by atoms with E-state index in [1.165, 1.54) is 13.4 Å². The Bertz CT molecular complexity index is 486. The van der Waals surface area contributed by atoms with Crippen molar-refractivity contribution in [3.8, 4) is 0 Å². The quantitative estimate of drug-likeness (QED) is 0.685. The van der Waals surface area contributed by atoms with E-state index in [4.69, 9.17) is 16.3 Å². The lowest BCUT2D eigenvalue weighted by Crippen LogP contribution is -2.29. The number of ketones is 1. The van der Waals surface area contributed by atoms with Crippen molar-refractivity contribution in [3.63, 3.8) is 0 Å². The van der Waals surface area contributed by atoms with Gasteiger partial charge in [0.05, 0.1) is 6.61 Å². The van der Waals surface area contributed by atoms with Gasteiger partial charge in [-0.1, -0.05) is 29.8 Å². The molecule has 6 heteroatoms. The summed E-state index contributed by atoms with van der Waals surface area (Å²) in [4.78, 5) is 32.8. The number of ether oxygens (including phenoxy) is 2. The number of carbonyl (C=O) groups is 2. The van der Waals surface area contributed by atoms with Gasteiger partial charge in [-0.3, -0.25) is 4.79 Å². The summed E-state index contributed by atoms with van der Waals surface area (Å²) in [5.41, 5.74) is 0.651. The zero-order valence-electron chi connectivity index (χ0n) is 10.9. The van der Waals surface area contributed by atoms with Gasteiger partial charge < -0.3 is 9.47 Å². The summed E-state index contributed by atoms with van der Waals surface area (Å²) in [6.07, 6.45) is -0.914. The van der Waals surface area contributed by atoms with Gasteiger partial charge in [-0.15, -0.1) is 0 Å². The van der Waals surface area contributed by atoms with Gasteiger partial charge >= 0.3 is 12.4 Å². The summed E-state index contributed by atoms with van der Waals surface area (Å²) in [7, 11) is 0. The Morgan fingerprint density at radius 1 is 1.35 bits per heavy atom. The molecule has 107 valence electrons. The Morgan fingerprint density at radius 2 is 2.05 bits per heavy atom. The van der Waals surface area contributed by atoms with Crippen LogP contribution in [0.4, 0.5) is 0 Å². The summed E-state index contributed by atoms with van der Waals surface area (Å²) in [5, 5.41) is 0.462. The zero-order valence-corrected chi connectivity index (χ0v) is 11.7. The molecule has 1 aromatic carbocycles. The molecule has 0 amide bonds. The predicted molar refractivity (Wildman–Crippen MR) is 72.0 cm³/mol. The summed E-state index contributed by atoms with van der Waals surface area (Å²) < 4.78 is 9.47. The average Bonchev–Trinajstić information content (AvgIpc) is 2.40. The Hall–Kier alpha value is -1.88. The van der Waals surface area contributed by atoms with Crippen molar-refractivity contribution < 1.29 is 23.9 Å². The first-order valence-electron chi connectivity index (χ1n) is 5.97. The molecule has 0 heterocycles. The highest BCUT2D eigenvalue weighted by atomic mass is 35.5. The molecular weight excluding hydrogens is 284 g/mol. The highest BCUT2D eigenvalue weighted by Crippen LogP contribution is 2.18. The number of halogens is 1. The minimum absolute atomic E-state index is 0.0462. The lowest BCUT2D eigenvalue weighted by molar-refractivity contribution is -0.152. The van der Waals surface area contributed by atoms with Crippen LogP contribution in [0, 0.1) is 0 Å². The van der Waals surface area contributed by atoms with E-state index in [0.717, 1.165) is 0 Å². The fourth-order valence-electron chi connectivity index (χ4n) is 1.48. The van der Waals surface area contributed by atoms with Crippen LogP contribution in [0.5, 0.6) is 0 Å². The van der Waals surface area contributed by atoms with Crippen LogP contribution < -0.4 is 0 Å². The van der Waals surface area contributed by atoms with Gasteiger partial charge in [0.25, 0.3) is 0 Å². The van der Waals surface area contributed by atoms with Crippen molar-refractivity contribution >= 4 is 29.8 Å². The Kier molecular flexibility index (Phi) is 6.73. The van der Waals surface area contributed by atoms with Crippen LogP contribution in [0.2, 0.25) is 5.02 Å². The maximum absolute atomic E-state index is 11.7. The van der Waals surface area contributed by atoms with Crippen molar-refractivity contribution in [1.82, 2.24) is 0 Å². The van der Waals surface area contributed by atoms with Crippen molar-refractivity contribution in [2.24, 2.45) is 0 Å². The van der Waals surface area contributed by atoms with Gasteiger partial charge in [0.15, 0.2) is 0 Å². The first kappa shape index (κ1) is 16.2. The predicted octanol–water partition coefficient (Wildman–Crippen LogP) is 1.86. The molecule has 0 saturated carbocycles. The van der Waals surface area contributed by atoms with Gasteiger partial charge in [-0.25, -0.2) is 9.59 Å². The molecule has 1 aromatic rings. The molecule has 1 rings (SSSR count). The molecule has 0 spiro atoms. The van der Waals surface area contributed by atoms with Crippen molar-refractivity contribution in [2.75, 3.05) is 6.61 Å². The smallest absolute Gasteiger partial charge is 0.418 e. The van der Waals surface area contributed by atoms with Crippen LogP contribution >= 0.6 is 11.6 Å².